The quantitative estimate of drug-likeness (QED) is 0.943. The summed E-state index contributed by atoms with van der Waals surface area (Å²) in [5.74, 6) is -1.33. The molecule has 0 fully saturated rings. The van der Waals surface area contributed by atoms with Crippen molar-refractivity contribution >= 4 is 17.5 Å². The normalized spacial score (nSPS) is 11.4. The van der Waals surface area contributed by atoms with Crippen LogP contribution in [0.3, 0.4) is 0 Å². The largest absolute Gasteiger partial charge is 0.451 e. The standard InChI is InChI=1S/C12H10ClF3N4/c1-7-18-10(12(14,15)16)20-11(19-7)17-6-8-3-2-4-9(13)5-8/h2-5H,6H2,1H3,(H,17,18,19,20). The molecule has 0 saturated carbocycles. The summed E-state index contributed by atoms with van der Waals surface area (Å²) in [5.41, 5.74) is 0.809. The Bertz CT molecular complexity index is 616. The number of nitrogens with one attached hydrogen (secondary N) is 1. The van der Waals surface area contributed by atoms with Gasteiger partial charge in [0, 0.05) is 11.6 Å². The number of rotatable bonds is 3. The molecule has 1 heterocycles. The van der Waals surface area contributed by atoms with Crippen molar-refractivity contribution in [2.24, 2.45) is 0 Å². The molecule has 1 N–H and O–H groups in total. The minimum atomic E-state index is -4.60. The van der Waals surface area contributed by atoms with Crippen LogP contribution < -0.4 is 5.32 Å². The van der Waals surface area contributed by atoms with Gasteiger partial charge in [-0.15, -0.1) is 0 Å². The monoisotopic (exact) mass is 302 g/mol. The fraction of sp³-hybridized carbons (Fsp3) is 0.250. The zero-order valence-electron chi connectivity index (χ0n) is 10.4. The summed E-state index contributed by atoms with van der Waals surface area (Å²) in [5, 5.41) is 3.27. The predicted molar refractivity (Wildman–Crippen MR) is 68.3 cm³/mol. The van der Waals surface area contributed by atoms with Gasteiger partial charge in [-0.25, -0.2) is 4.98 Å². The first kappa shape index (κ1) is 14.5. The number of benzene rings is 1. The Morgan fingerprint density at radius 3 is 2.60 bits per heavy atom. The second kappa shape index (κ2) is 5.62. The highest BCUT2D eigenvalue weighted by Crippen LogP contribution is 2.26. The average Bonchev–Trinajstić information content (AvgIpc) is 2.35. The molecule has 0 atom stereocenters. The van der Waals surface area contributed by atoms with Gasteiger partial charge in [-0.3, -0.25) is 0 Å². The maximum absolute atomic E-state index is 12.6. The van der Waals surface area contributed by atoms with E-state index in [2.05, 4.69) is 20.3 Å². The van der Waals surface area contributed by atoms with E-state index in [1.165, 1.54) is 6.92 Å². The number of halogens is 4. The Morgan fingerprint density at radius 2 is 1.95 bits per heavy atom. The number of alkyl halides is 3. The molecule has 4 nitrogen and oxygen atoms in total. The summed E-state index contributed by atoms with van der Waals surface area (Å²) < 4.78 is 37.7. The van der Waals surface area contributed by atoms with Crippen LogP contribution in [0, 0.1) is 6.92 Å². The van der Waals surface area contributed by atoms with Gasteiger partial charge in [0.2, 0.25) is 11.8 Å². The topological polar surface area (TPSA) is 50.7 Å². The van der Waals surface area contributed by atoms with Crippen LogP contribution in [0.15, 0.2) is 24.3 Å². The summed E-state index contributed by atoms with van der Waals surface area (Å²) in [6.45, 7) is 1.64. The van der Waals surface area contributed by atoms with Crippen LogP contribution in [0.4, 0.5) is 19.1 Å². The highest BCUT2D eigenvalue weighted by atomic mass is 35.5. The molecule has 1 aromatic carbocycles. The smallest absolute Gasteiger partial charge is 0.350 e. The molecule has 0 aliphatic heterocycles. The molecule has 0 amide bonds. The lowest BCUT2D eigenvalue weighted by Gasteiger charge is -2.09. The Morgan fingerprint density at radius 1 is 1.20 bits per heavy atom. The first-order valence-corrected chi connectivity index (χ1v) is 6.00. The molecule has 2 rings (SSSR count). The number of aryl methyl sites for hydroxylation is 1. The maximum Gasteiger partial charge on any atom is 0.451 e. The lowest BCUT2D eigenvalue weighted by Crippen LogP contribution is -2.15. The van der Waals surface area contributed by atoms with Crippen molar-refractivity contribution in [3.8, 4) is 0 Å². The van der Waals surface area contributed by atoms with E-state index >= 15 is 0 Å². The van der Waals surface area contributed by atoms with E-state index in [0.29, 0.717) is 5.02 Å². The number of aromatic nitrogens is 3. The second-order valence-electron chi connectivity index (χ2n) is 4.01. The van der Waals surface area contributed by atoms with E-state index in [1.54, 1.807) is 24.3 Å². The fourth-order valence-electron chi connectivity index (χ4n) is 1.52. The summed E-state index contributed by atoms with van der Waals surface area (Å²) in [4.78, 5) is 10.4. The zero-order chi connectivity index (χ0) is 14.8. The summed E-state index contributed by atoms with van der Waals surface area (Å²) in [6.07, 6.45) is -4.60. The van der Waals surface area contributed by atoms with E-state index in [0.717, 1.165) is 5.56 Å². The Balaban J connectivity index is 2.16. The van der Waals surface area contributed by atoms with E-state index in [4.69, 9.17) is 11.6 Å². The van der Waals surface area contributed by atoms with Crippen molar-refractivity contribution < 1.29 is 13.2 Å². The summed E-state index contributed by atoms with van der Waals surface area (Å²) in [6, 6.07) is 6.95. The third-order valence-electron chi connectivity index (χ3n) is 2.34. The van der Waals surface area contributed by atoms with Crippen LogP contribution in [-0.2, 0) is 12.7 Å². The second-order valence-corrected chi connectivity index (χ2v) is 4.45. The first-order chi connectivity index (χ1) is 9.34. The fourth-order valence-corrected chi connectivity index (χ4v) is 1.73. The molecule has 0 spiro atoms. The molecule has 106 valence electrons. The van der Waals surface area contributed by atoms with Crippen LogP contribution in [0.2, 0.25) is 5.02 Å². The van der Waals surface area contributed by atoms with Crippen LogP contribution >= 0.6 is 11.6 Å². The molecule has 8 heteroatoms. The van der Waals surface area contributed by atoms with Gasteiger partial charge in [-0.05, 0) is 24.6 Å². The zero-order valence-corrected chi connectivity index (χ0v) is 11.1. The molecule has 0 radical (unpaired) electrons. The van der Waals surface area contributed by atoms with Gasteiger partial charge in [0.1, 0.15) is 5.82 Å². The summed E-state index contributed by atoms with van der Waals surface area (Å²) in [7, 11) is 0. The van der Waals surface area contributed by atoms with Crippen molar-refractivity contribution in [3.63, 3.8) is 0 Å². The van der Waals surface area contributed by atoms with Crippen LogP contribution in [0.1, 0.15) is 17.2 Å². The third-order valence-corrected chi connectivity index (χ3v) is 2.58. The summed E-state index contributed by atoms with van der Waals surface area (Å²) >= 11 is 5.82. The average molecular weight is 303 g/mol. The highest BCUT2D eigenvalue weighted by molar-refractivity contribution is 6.30. The van der Waals surface area contributed by atoms with E-state index in [9.17, 15) is 13.2 Å². The lowest BCUT2D eigenvalue weighted by atomic mass is 10.2. The van der Waals surface area contributed by atoms with Gasteiger partial charge in [0.25, 0.3) is 0 Å². The number of nitrogens with zero attached hydrogens (tertiary/aromatic N) is 3. The van der Waals surface area contributed by atoms with Crippen LogP contribution in [0.5, 0.6) is 0 Å². The Kier molecular flexibility index (Phi) is 4.08. The first-order valence-electron chi connectivity index (χ1n) is 5.63. The molecule has 0 aliphatic rings. The highest BCUT2D eigenvalue weighted by Gasteiger charge is 2.35. The van der Waals surface area contributed by atoms with Crippen molar-refractivity contribution in [1.29, 1.82) is 0 Å². The van der Waals surface area contributed by atoms with E-state index < -0.39 is 12.0 Å². The van der Waals surface area contributed by atoms with Crippen LogP contribution in [0.25, 0.3) is 0 Å². The van der Waals surface area contributed by atoms with Crippen molar-refractivity contribution in [2.45, 2.75) is 19.6 Å². The molecule has 1 aromatic heterocycles. The van der Waals surface area contributed by atoms with E-state index in [1.807, 2.05) is 0 Å². The van der Waals surface area contributed by atoms with Crippen molar-refractivity contribution in [2.75, 3.05) is 5.32 Å². The molecule has 20 heavy (non-hydrogen) atoms. The van der Waals surface area contributed by atoms with Crippen molar-refractivity contribution in [3.05, 3.63) is 46.5 Å². The number of hydrogen-bond acceptors (Lipinski definition) is 4. The number of hydrogen-bond donors (Lipinski definition) is 1. The van der Waals surface area contributed by atoms with Gasteiger partial charge in [0.05, 0.1) is 0 Å². The molecular weight excluding hydrogens is 293 g/mol. The van der Waals surface area contributed by atoms with Gasteiger partial charge >= 0.3 is 6.18 Å². The lowest BCUT2D eigenvalue weighted by molar-refractivity contribution is -0.145. The maximum atomic E-state index is 12.6. The van der Waals surface area contributed by atoms with Crippen molar-refractivity contribution in [1.82, 2.24) is 15.0 Å². The van der Waals surface area contributed by atoms with Gasteiger partial charge in [0.15, 0.2) is 0 Å². The number of anilines is 1. The molecule has 0 saturated heterocycles. The molecule has 0 bridgehead atoms. The van der Waals surface area contributed by atoms with Gasteiger partial charge in [-0.1, -0.05) is 23.7 Å². The third kappa shape index (κ3) is 3.80. The molecule has 0 aliphatic carbocycles. The van der Waals surface area contributed by atoms with Gasteiger partial charge in [-0.2, -0.15) is 23.1 Å². The Labute approximate surface area is 118 Å². The molecular formula is C12H10ClF3N4. The molecule has 0 unspecified atom stereocenters. The predicted octanol–water partition coefficient (Wildman–Crippen LogP) is 3.46. The Hall–Kier alpha value is -1.89. The van der Waals surface area contributed by atoms with E-state index in [-0.39, 0.29) is 18.3 Å². The minimum absolute atomic E-state index is 0.000851. The van der Waals surface area contributed by atoms with Gasteiger partial charge < -0.3 is 5.32 Å². The minimum Gasteiger partial charge on any atom is -0.350 e. The SMILES string of the molecule is Cc1nc(NCc2cccc(Cl)c2)nc(C(F)(F)F)n1. The van der Waals surface area contributed by atoms with Crippen LogP contribution in [-0.4, -0.2) is 15.0 Å². The molecule has 2 aromatic rings.